The second kappa shape index (κ2) is 29.7. The number of nitrogens with one attached hydrogen (secondary N) is 5. The number of rotatable bonds is 22. The first-order valence-corrected chi connectivity index (χ1v) is 29.2. The summed E-state index contributed by atoms with van der Waals surface area (Å²) in [7, 11) is 5.76. The molecule has 0 aliphatic carbocycles. The molecule has 86 heavy (non-hydrogen) atoms. The van der Waals surface area contributed by atoms with Crippen molar-refractivity contribution in [1.82, 2.24) is 31.1 Å². The highest BCUT2D eigenvalue weighted by atomic mass is 35.5. The van der Waals surface area contributed by atoms with Gasteiger partial charge in [0.05, 0.1) is 25.3 Å². The number of likely N-dealkylation sites (tertiary alicyclic amines) is 1. The van der Waals surface area contributed by atoms with E-state index in [-0.39, 0.29) is 85.6 Å². The summed E-state index contributed by atoms with van der Waals surface area (Å²) in [6.45, 7) is 10.5. The molecule has 10 amide bonds. The van der Waals surface area contributed by atoms with E-state index in [1.165, 1.54) is 69.3 Å². The lowest BCUT2D eigenvalue weighted by Gasteiger charge is -2.40. The average molecular weight is 1220 g/mol. The fourth-order valence-electron chi connectivity index (χ4n) is 10.6. The van der Waals surface area contributed by atoms with Crippen LogP contribution in [0.2, 0.25) is 5.02 Å². The van der Waals surface area contributed by atoms with E-state index in [2.05, 4.69) is 26.6 Å². The number of likely N-dealkylation sites (N-methyl/N-ethyl adjacent to an activating group) is 1. The van der Waals surface area contributed by atoms with Gasteiger partial charge in [-0.05, 0) is 101 Å². The third-order valence-corrected chi connectivity index (χ3v) is 16.4. The molecule has 470 valence electrons. The number of amides is 10. The molecule has 2 aromatic rings. The van der Waals surface area contributed by atoms with Gasteiger partial charge in [-0.25, -0.2) is 14.4 Å². The Labute approximate surface area is 505 Å². The maximum atomic E-state index is 14.4. The fourth-order valence-corrected chi connectivity index (χ4v) is 10.9. The normalized spacial score (nSPS) is 25.2. The van der Waals surface area contributed by atoms with Crippen LogP contribution >= 0.6 is 11.6 Å². The number of alkyl carbamates (subject to hydrolysis) is 1. The van der Waals surface area contributed by atoms with Gasteiger partial charge in [0.2, 0.25) is 35.4 Å². The van der Waals surface area contributed by atoms with Gasteiger partial charge in [-0.2, -0.15) is 0 Å². The van der Waals surface area contributed by atoms with Gasteiger partial charge < -0.3 is 65.6 Å². The molecule has 0 saturated carbocycles. The van der Waals surface area contributed by atoms with Gasteiger partial charge in [-0.1, -0.05) is 62.6 Å². The second-order valence-electron chi connectivity index (χ2n) is 23.0. The highest BCUT2D eigenvalue weighted by molar-refractivity contribution is 6.35. The van der Waals surface area contributed by atoms with Crippen LogP contribution in [0.5, 0.6) is 5.75 Å². The molecule has 0 aromatic heterocycles. The average Bonchev–Trinajstić information content (AvgIpc) is 1.59. The number of allylic oxidation sites excluding steroid dienone is 3. The summed E-state index contributed by atoms with van der Waals surface area (Å²) in [4.78, 5) is 136. The lowest BCUT2D eigenvalue weighted by atomic mass is 9.90. The van der Waals surface area contributed by atoms with E-state index in [0.29, 0.717) is 37.1 Å². The predicted molar refractivity (Wildman–Crippen MR) is 315 cm³/mol. The van der Waals surface area contributed by atoms with Crippen LogP contribution in [0.3, 0.4) is 0 Å². The first-order valence-electron chi connectivity index (χ1n) is 28.8. The summed E-state index contributed by atoms with van der Waals surface area (Å²) in [5, 5.41) is 25.1. The first-order chi connectivity index (χ1) is 40.6. The van der Waals surface area contributed by atoms with E-state index in [1.807, 2.05) is 13.0 Å². The van der Waals surface area contributed by atoms with Crippen molar-refractivity contribution in [3.63, 3.8) is 0 Å². The number of esters is 1. The van der Waals surface area contributed by atoms with Crippen molar-refractivity contribution in [2.45, 2.75) is 166 Å². The quantitative estimate of drug-likeness (QED) is 0.0368. The molecule has 3 saturated heterocycles. The van der Waals surface area contributed by atoms with Gasteiger partial charge in [0.15, 0.2) is 5.72 Å². The van der Waals surface area contributed by atoms with Gasteiger partial charge in [0, 0.05) is 77.1 Å². The number of carbonyl (C=O) groups excluding carboxylic acids is 10. The second-order valence-corrected chi connectivity index (χ2v) is 23.4. The number of carbonyl (C=O) groups is 10. The van der Waals surface area contributed by atoms with Crippen molar-refractivity contribution < 1.29 is 76.7 Å². The molecule has 1 unspecified atom stereocenters. The van der Waals surface area contributed by atoms with E-state index in [1.54, 1.807) is 52.0 Å². The van der Waals surface area contributed by atoms with Crippen LogP contribution in [-0.4, -0.2) is 170 Å². The number of nitrogens with two attached hydrogens (primary N) is 1. The molecule has 4 aliphatic heterocycles. The number of halogens is 1. The van der Waals surface area contributed by atoms with Crippen LogP contribution in [0.25, 0.3) is 0 Å². The number of hydrogen-bond acceptors (Lipinski definition) is 16. The summed E-state index contributed by atoms with van der Waals surface area (Å²) in [5.74, 6) is -4.54. The first kappa shape index (κ1) is 67.5. The maximum absolute atomic E-state index is 14.4. The van der Waals surface area contributed by atoms with Crippen LogP contribution in [0.4, 0.5) is 21.0 Å². The van der Waals surface area contributed by atoms with Crippen molar-refractivity contribution >= 4 is 82.4 Å². The number of aliphatic hydroxyl groups is 1. The van der Waals surface area contributed by atoms with Crippen LogP contribution in [0, 0.1) is 11.8 Å². The zero-order valence-corrected chi connectivity index (χ0v) is 51.2. The number of epoxide rings is 1. The van der Waals surface area contributed by atoms with E-state index in [4.69, 9.17) is 41.0 Å². The minimum Gasteiger partial charge on any atom is -0.495 e. The number of nitrogens with zero attached hydrogens (tertiary/aromatic N) is 3. The molecule has 0 spiro atoms. The molecule has 4 aliphatic rings. The Bertz CT molecular complexity index is 2940. The van der Waals surface area contributed by atoms with E-state index < -0.39 is 114 Å². The zero-order chi connectivity index (χ0) is 63.4. The molecule has 4 bridgehead atoms. The highest BCUT2D eigenvalue weighted by Gasteiger charge is 2.62. The molecule has 6 rings (SSSR count). The number of imide groups is 1. The molecule has 2 aromatic carbocycles. The Morgan fingerprint density at radius 3 is 2.31 bits per heavy atom. The van der Waals surface area contributed by atoms with Crippen molar-refractivity contribution in [3.05, 3.63) is 76.3 Å². The van der Waals surface area contributed by atoms with E-state index in [9.17, 15) is 53.1 Å². The van der Waals surface area contributed by atoms with Gasteiger partial charge >= 0.3 is 18.1 Å². The van der Waals surface area contributed by atoms with Crippen LogP contribution in [0.15, 0.2) is 60.2 Å². The smallest absolute Gasteiger partial charge is 0.409 e. The number of benzene rings is 2. The van der Waals surface area contributed by atoms with Crippen LogP contribution < -0.4 is 42.0 Å². The Morgan fingerprint density at radius 2 is 1.67 bits per heavy atom. The summed E-state index contributed by atoms with van der Waals surface area (Å²) in [5.41, 5.74) is 4.29. The maximum Gasteiger partial charge on any atom is 0.409 e. The van der Waals surface area contributed by atoms with Gasteiger partial charge in [0.1, 0.15) is 52.8 Å². The number of urea groups is 1. The molecule has 26 heteroatoms. The third kappa shape index (κ3) is 17.3. The standard InChI is InChI=1S/C60H82ClN9O16/c1-33(2)51(66-47(71)19-12-11-13-25-70-49(73)27-35(4)54(70)76)53(75)65-41(17-15-24-63-57(62)79)52(74)64-39-22-20-38(21-23-39)55(77)68(7)36(5)56(78)85-45-31-48(72)69(8)42-28-37(29-43(82-9)50(42)61)26-34(3)16-14-18-44(83-10)60(81)32-40(84-58(80)67-60)30-46-59(45,6)86-46/h14,16,18,20-23,28-29,33,35-36,40-41,44-46,51,81H,11-13,15,17,19,24-27,30-32H2,1-10H3,(H,64,74)(H,65,75)(H,66,71)(H,67,80)(H3,62,63,79)/b18-14+,34-16+/t35?,36-,40+,41-,44+,45-,46-,51-,59-,60-/m0/s1. The molecule has 4 heterocycles. The third-order valence-electron chi connectivity index (χ3n) is 16.0. The van der Waals surface area contributed by atoms with Crippen molar-refractivity contribution in [1.29, 1.82) is 0 Å². The zero-order valence-electron chi connectivity index (χ0n) is 50.5. The molecule has 25 nitrogen and oxygen atoms in total. The Morgan fingerprint density at radius 1 is 0.965 bits per heavy atom. The summed E-state index contributed by atoms with van der Waals surface area (Å²) in [6.07, 6.45) is 2.24. The topological polar surface area (TPSA) is 336 Å². The van der Waals surface area contributed by atoms with Crippen molar-refractivity contribution in [2.75, 3.05) is 51.6 Å². The number of hydrogen-bond donors (Lipinski definition) is 7. The van der Waals surface area contributed by atoms with Crippen LogP contribution in [0.1, 0.15) is 122 Å². The van der Waals surface area contributed by atoms with Crippen molar-refractivity contribution in [3.8, 4) is 5.75 Å². The van der Waals surface area contributed by atoms with E-state index in [0.717, 1.165) is 16.0 Å². The number of primary amides is 1. The molecule has 10 atom stereocenters. The van der Waals surface area contributed by atoms with Crippen molar-refractivity contribution in [2.24, 2.45) is 17.6 Å². The van der Waals surface area contributed by atoms with E-state index >= 15 is 0 Å². The summed E-state index contributed by atoms with van der Waals surface area (Å²) < 4.78 is 29.2. The highest BCUT2D eigenvalue weighted by Crippen LogP contribution is 2.47. The largest absolute Gasteiger partial charge is 0.495 e. The van der Waals surface area contributed by atoms with Gasteiger partial charge in [-0.3, -0.25) is 43.8 Å². The Kier molecular flexibility index (Phi) is 23.3. The predicted octanol–water partition coefficient (Wildman–Crippen LogP) is 4.55. The SMILES string of the molecule is COc1cc2cc(c1Cl)N(C)C(=O)C[C@H](OC(=O)[C@H](C)N(C)C(=O)c1ccc(NC(=O)[C@H](CCCNC(N)=O)NC(=O)[C@@H](NC(=O)CCCCCN3C(=O)CC(C)C3=O)C(C)C)cc1)[C@]1(C)O[C@H]1C[C@@H]1C[C@@](O)(NC(=O)O1)[C@H](OC)/C=C/C=C(\C)C2. The molecule has 8 N–H and O–H groups in total. The minimum absolute atomic E-state index is 0.0280. The number of ether oxygens (including phenoxy) is 5. The monoisotopic (exact) mass is 1220 g/mol. The van der Waals surface area contributed by atoms with Crippen LogP contribution in [-0.2, 0) is 58.9 Å². The lowest BCUT2D eigenvalue weighted by Crippen LogP contribution is -2.62. The summed E-state index contributed by atoms with van der Waals surface area (Å²) >= 11 is 6.83. The Hall–Kier alpha value is -7.61. The molecule has 0 radical (unpaired) electrons. The molecular weight excluding hydrogens is 1140 g/mol. The molecule has 3 fully saturated rings. The summed E-state index contributed by atoms with van der Waals surface area (Å²) in [6, 6.07) is 5.03. The number of unbranched alkanes of at least 4 members (excludes halogenated alkanes) is 2. The lowest BCUT2D eigenvalue weighted by molar-refractivity contribution is -0.158. The number of fused-ring (bicyclic) bond motifs is 5. The molecular formula is C60H82ClN9O16. The Balaban J connectivity index is 1.13. The number of anilines is 2. The fraction of sp³-hybridized carbons (Fsp3) is 0.567. The van der Waals surface area contributed by atoms with Gasteiger partial charge in [0.25, 0.3) is 5.91 Å². The minimum atomic E-state index is -1.90. The number of methoxy groups -OCH3 is 2. The van der Waals surface area contributed by atoms with Gasteiger partial charge in [-0.15, -0.1) is 0 Å².